The van der Waals surface area contributed by atoms with Crippen LogP contribution in [0.3, 0.4) is 0 Å². The maximum Gasteiger partial charge on any atom is 0.223 e. The molecule has 1 heterocycles. The normalized spacial score (nSPS) is 23.2. The van der Waals surface area contributed by atoms with Crippen molar-refractivity contribution in [2.45, 2.75) is 38.3 Å². The van der Waals surface area contributed by atoms with Crippen LogP contribution in [0.5, 0.6) is 0 Å². The average molecular weight is 257 g/mol. The highest BCUT2D eigenvalue weighted by Crippen LogP contribution is 2.32. The molecule has 1 aliphatic heterocycles. The van der Waals surface area contributed by atoms with Crippen molar-refractivity contribution in [3.05, 3.63) is 35.4 Å². The summed E-state index contributed by atoms with van der Waals surface area (Å²) in [4.78, 5) is 13.9. The van der Waals surface area contributed by atoms with Crippen LogP contribution in [0.25, 0.3) is 0 Å². The minimum atomic E-state index is -0.169. The van der Waals surface area contributed by atoms with Gasteiger partial charge in [0.1, 0.15) is 0 Å². The van der Waals surface area contributed by atoms with Crippen molar-refractivity contribution in [3.63, 3.8) is 0 Å². The van der Waals surface area contributed by atoms with Crippen LogP contribution in [0.1, 0.15) is 43.4 Å². The van der Waals surface area contributed by atoms with E-state index < -0.39 is 0 Å². The van der Waals surface area contributed by atoms with E-state index >= 15 is 0 Å². The lowest BCUT2D eigenvalue weighted by atomic mass is 9.88. The first-order valence-electron chi connectivity index (χ1n) is 6.73. The number of nitrogens with two attached hydrogens (primary N) is 1. The van der Waals surface area contributed by atoms with Gasteiger partial charge in [0.05, 0.1) is 17.7 Å². The summed E-state index contributed by atoms with van der Waals surface area (Å²) in [6, 6.07) is 9.35. The Labute approximate surface area is 113 Å². The number of carbonyl (C=O) groups is 1. The first kappa shape index (κ1) is 13.6. The molecule has 1 aromatic rings. The van der Waals surface area contributed by atoms with Gasteiger partial charge < -0.3 is 10.6 Å². The molecule has 0 spiro atoms. The molecule has 4 heteroatoms. The highest BCUT2D eigenvalue weighted by Gasteiger charge is 2.35. The fourth-order valence-electron chi connectivity index (χ4n) is 2.74. The van der Waals surface area contributed by atoms with Crippen LogP contribution in [0.2, 0.25) is 0 Å². The highest BCUT2D eigenvalue weighted by atomic mass is 16.2. The van der Waals surface area contributed by atoms with Crippen LogP contribution in [-0.2, 0) is 4.79 Å². The van der Waals surface area contributed by atoms with Gasteiger partial charge in [0.15, 0.2) is 0 Å². The Balaban J connectivity index is 2.42. The summed E-state index contributed by atoms with van der Waals surface area (Å²) < 4.78 is 0. The zero-order valence-corrected chi connectivity index (χ0v) is 11.2. The van der Waals surface area contributed by atoms with Gasteiger partial charge in [-0.1, -0.05) is 25.1 Å². The van der Waals surface area contributed by atoms with E-state index in [-0.39, 0.29) is 18.0 Å². The summed E-state index contributed by atoms with van der Waals surface area (Å²) in [7, 11) is 0. The molecule has 2 rings (SSSR count). The van der Waals surface area contributed by atoms with Gasteiger partial charge in [0.25, 0.3) is 0 Å². The van der Waals surface area contributed by atoms with Gasteiger partial charge in [-0.05, 0) is 24.5 Å². The molecule has 2 unspecified atom stereocenters. The Bertz CT molecular complexity index is 506. The monoisotopic (exact) mass is 257 g/mol. The first-order chi connectivity index (χ1) is 9.19. The molecule has 1 amide bonds. The highest BCUT2D eigenvalue weighted by molar-refractivity contribution is 5.78. The second-order valence-corrected chi connectivity index (χ2v) is 4.93. The molecule has 2 atom stereocenters. The number of rotatable bonds is 3. The molecule has 4 nitrogen and oxygen atoms in total. The maximum atomic E-state index is 12.1. The van der Waals surface area contributed by atoms with Crippen LogP contribution >= 0.6 is 0 Å². The van der Waals surface area contributed by atoms with Crippen LogP contribution in [0, 0.1) is 11.3 Å². The molecule has 100 valence electrons. The molecule has 0 saturated carbocycles. The summed E-state index contributed by atoms with van der Waals surface area (Å²) >= 11 is 0. The lowest BCUT2D eigenvalue weighted by molar-refractivity contribution is -0.137. The number of nitriles is 1. The third kappa shape index (κ3) is 2.61. The van der Waals surface area contributed by atoms with E-state index in [0.717, 1.165) is 12.0 Å². The third-order valence-corrected chi connectivity index (χ3v) is 3.62. The van der Waals surface area contributed by atoms with Gasteiger partial charge in [-0.25, -0.2) is 0 Å². The number of carbonyl (C=O) groups excluding carboxylic acids is 1. The van der Waals surface area contributed by atoms with Gasteiger partial charge in [-0.2, -0.15) is 5.26 Å². The standard InChI is InChI=1S/C15H19N3O/c1-2-9-18-14(19)8-7-13(17)15(18)12-6-4-3-5-11(12)10-16/h3-6,13,15H,2,7-9,17H2,1H3. The number of benzene rings is 1. The zero-order chi connectivity index (χ0) is 13.8. The molecule has 1 saturated heterocycles. The van der Waals surface area contributed by atoms with Crippen molar-refractivity contribution in [2.24, 2.45) is 5.73 Å². The molecule has 0 radical (unpaired) electrons. The number of piperidine rings is 1. The Hall–Kier alpha value is -1.86. The van der Waals surface area contributed by atoms with Crippen LogP contribution in [0.15, 0.2) is 24.3 Å². The molecular formula is C15H19N3O. The minimum Gasteiger partial charge on any atom is -0.334 e. The predicted molar refractivity (Wildman–Crippen MR) is 73.1 cm³/mol. The Morgan fingerprint density at radius 3 is 2.89 bits per heavy atom. The zero-order valence-electron chi connectivity index (χ0n) is 11.2. The van der Waals surface area contributed by atoms with Crippen LogP contribution in [-0.4, -0.2) is 23.4 Å². The van der Waals surface area contributed by atoms with Crippen LogP contribution < -0.4 is 5.73 Å². The Kier molecular flexibility index (Phi) is 4.18. The van der Waals surface area contributed by atoms with Crippen molar-refractivity contribution < 1.29 is 4.79 Å². The molecule has 19 heavy (non-hydrogen) atoms. The molecule has 2 N–H and O–H groups in total. The van der Waals surface area contributed by atoms with E-state index in [9.17, 15) is 10.1 Å². The summed E-state index contributed by atoms with van der Waals surface area (Å²) in [5.41, 5.74) is 7.70. The van der Waals surface area contributed by atoms with Gasteiger partial charge >= 0.3 is 0 Å². The third-order valence-electron chi connectivity index (χ3n) is 3.62. The van der Waals surface area contributed by atoms with Crippen LogP contribution in [0.4, 0.5) is 0 Å². The molecule has 0 aromatic heterocycles. The van der Waals surface area contributed by atoms with E-state index in [0.29, 0.717) is 24.9 Å². The second-order valence-electron chi connectivity index (χ2n) is 4.93. The smallest absolute Gasteiger partial charge is 0.223 e. The van der Waals surface area contributed by atoms with Gasteiger partial charge in [0.2, 0.25) is 5.91 Å². The summed E-state index contributed by atoms with van der Waals surface area (Å²) in [5.74, 6) is 0.140. The summed E-state index contributed by atoms with van der Waals surface area (Å²) in [6.45, 7) is 2.73. The second kappa shape index (κ2) is 5.85. The van der Waals surface area contributed by atoms with Crippen molar-refractivity contribution >= 4 is 5.91 Å². The topological polar surface area (TPSA) is 70.1 Å². The van der Waals surface area contributed by atoms with E-state index in [2.05, 4.69) is 6.07 Å². The molecule has 0 aliphatic carbocycles. The predicted octanol–water partition coefficient (Wildman–Crippen LogP) is 1.96. The van der Waals surface area contributed by atoms with Crippen molar-refractivity contribution in [3.8, 4) is 6.07 Å². The van der Waals surface area contributed by atoms with Crippen molar-refractivity contribution in [1.82, 2.24) is 4.90 Å². The van der Waals surface area contributed by atoms with E-state index in [4.69, 9.17) is 5.73 Å². The van der Waals surface area contributed by atoms with Gasteiger partial charge in [-0.3, -0.25) is 4.79 Å². The fourth-order valence-corrected chi connectivity index (χ4v) is 2.74. The quantitative estimate of drug-likeness (QED) is 0.899. The number of hydrogen-bond acceptors (Lipinski definition) is 3. The lowest BCUT2D eigenvalue weighted by Crippen LogP contribution is -2.49. The van der Waals surface area contributed by atoms with Gasteiger partial charge in [0, 0.05) is 19.0 Å². The largest absolute Gasteiger partial charge is 0.334 e. The summed E-state index contributed by atoms with van der Waals surface area (Å²) in [6.07, 6.45) is 2.08. The first-order valence-corrected chi connectivity index (χ1v) is 6.73. The van der Waals surface area contributed by atoms with E-state index in [1.165, 1.54) is 0 Å². The minimum absolute atomic E-state index is 0.0984. The molecular weight excluding hydrogens is 238 g/mol. The fraction of sp³-hybridized carbons (Fsp3) is 0.467. The lowest BCUT2D eigenvalue weighted by Gasteiger charge is -2.40. The van der Waals surface area contributed by atoms with Crippen molar-refractivity contribution in [2.75, 3.05) is 6.54 Å². The molecule has 1 aliphatic rings. The van der Waals surface area contributed by atoms with Gasteiger partial charge in [-0.15, -0.1) is 0 Å². The molecule has 1 fully saturated rings. The number of amides is 1. The summed E-state index contributed by atoms with van der Waals surface area (Å²) in [5, 5.41) is 9.22. The SMILES string of the molecule is CCCN1C(=O)CCC(N)C1c1ccccc1C#N. The Morgan fingerprint density at radius 1 is 1.47 bits per heavy atom. The number of nitrogens with zero attached hydrogens (tertiary/aromatic N) is 2. The molecule has 0 bridgehead atoms. The van der Waals surface area contributed by atoms with E-state index in [1.54, 1.807) is 6.07 Å². The Morgan fingerprint density at radius 2 is 2.21 bits per heavy atom. The van der Waals surface area contributed by atoms with E-state index in [1.807, 2.05) is 30.0 Å². The number of hydrogen-bond donors (Lipinski definition) is 1. The molecule has 1 aromatic carbocycles. The average Bonchev–Trinajstić information content (AvgIpc) is 2.43. The van der Waals surface area contributed by atoms with Crippen molar-refractivity contribution in [1.29, 1.82) is 5.26 Å². The number of likely N-dealkylation sites (tertiary alicyclic amines) is 1. The maximum absolute atomic E-state index is 12.1.